The zero-order valence-corrected chi connectivity index (χ0v) is 11.9. The molecule has 1 aliphatic heterocycles. The summed E-state index contributed by atoms with van der Waals surface area (Å²) in [4.78, 5) is 8.54. The SMILES string of the molecule is CC(C)(C)C#Cc1nccnc1OC1CCNCC1. The highest BCUT2D eigenvalue weighted by atomic mass is 16.5. The van der Waals surface area contributed by atoms with Crippen molar-refractivity contribution in [3.05, 3.63) is 18.1 Å². The lowest BCUT2D eigenvalue weighted by Gasteiger charge is -2.23. The molecule has 1 aromatic rings. The Kier molecular flexibility index (Phi) is 4.39. The zero-order chi connectivity index (χ0) is 13.7. The Morgan fingerprint density at radius 2 is 1.89 bits per heavy atom. The molecule has 0 amide bonds. The van der Waals surface area contributed by atoms with Gasteiger partial charge in [0, 0.05) is 17.8 Å². The molecule has 4 nitrogen and oxygen atoms in total. The highest BCUT2D eigenvalue weighted by Crippen LogP contribution is 2.17. The fourth-order valence-corrected chi connectivity index (χ4v) is 1.82. The van der Waals surface area contributed by atoms with Crippen molar-refractivity contribution in [1.82, 2.24) is 15.3 Å². The lowest BCUT2D eigenvalue weighted by atomic mass is 9.98. The summed E-state index contributed by atoms with van der Waals surface area (Å²) in [6, 6.07) is 0. The first kappa shape index (κ1) is 13.8. The van der Waals surface area contributed by atoms with Crippen LogP contribution in [-0.2, 0) is 0 Å². The summed E-state index contributed by atoms with van der Waals surface area (Å²) in [6.07, 6.45) is 5.53. The smallest absolute Gasteiger partial charge is 0.249 e. The molecule has 4 heteroatoms. The fourth-order valence-electron chi connectivity index (χ4n) is 1.82. The van der Waals surface area contributed by atoms with Crippen molar-refractivity contribution < 1.29 is 4.74 Å². The molecule has 2 heterocycles. The van der Waals surface area contributed by atoms with E-state index in [0.29, 0.717) is 11.6 Å². The third-order valence-corrected chi connectivity index (χ3v) is 2.79. The number of rotatable bonds is 2. The Labute approximate surface area is 115 Å². The summed E-state index contributed by atoms with van der Waals surface area (Å²) >= 11 is 0. The molecule has 1 N–H and O–H groups in total. The molecule has 0 bridgehead atoms. The second-order valence-corrected chi connectivity index (χ2v) is 5.78. The van der Waals surface area contributed by atoms with E-state index in [-0.39, 0.29) is 11.5 Å². The average molecular weight is 259 g/mol. The first-order valence-electron chi connectivity index (χ1n) is 6.76. The van der Waals surface area contributed by atoms with Gasteiger partial charge in [-0.25, -0.2) is 9.97 Å². The Morgan fingerprint density at radius 3 is 2.58 bits per heavy atom. The second kappa shape index (κ2) is 6.03. The number of piperidine rings is 1. The molecule has 0 radical (unpaired) electrons. The number of hydrogen-bond donors (Lipinski definition) is 1. The van der Waals surface area contributed by atoms with Crippen LogP contribution in [0.4, 0.5) is 0 Å². The number of nitrogens with one attached hydrogen (secondary N) is 1. The quantitative estimate of drug-likeness (QED) is 0.825. The molecule has 1 aromatic heterocycles. The second-order valence-electron chi connectivity index (χ2n) is 5.78. The lowest BCUT2D eigenvalue weighted by molar-refractivity contribution is 0.155. The van der Waals surface area contributed by atoms with Crippen molar-refractivity contribution in [2.75, 3.05) is 13.1 Å². The molecule has 102 valence electrons. The number of ether oxygens (including phenoxy) is 1. The molecule has 0 aliphatic carbocycles. The Bertz CT molecular complexity index is 476. The maximum atomic E-state index is 5.94. The van der Waals surface area contributed by atoms with Crippen molar-refractivity contribution in [3.63, 3.8) is 0 Å². The van der Waals surface area contributed by atoms with Gasteiger partial charge in [-0.15, -0.1) is 0 Å². The van der Waals surface area contributed by atoms with Crippen molar-refractivity contribution >= 4 is 0 Å². The molecule has 0 atom stereocenters. The molecule has 0 saturated carbocycles. The maximum absolute atomic E-state index is 5.94. The molecule has 1 aliphatic rings. The van der Waals surface area contributed by atoms with Crippen LogP contribution >= 0.6 is 0 Å². The van der Waals surface area contributed by atoms with E-state index in [1.54, 1.807) is 12.4 Å². The predicted octanol–water partition coefficient (Wildman–Crippen LogP) is 2.00. The van der Waals surface area contributed by atoms with Gasteiger partial charge >= 0.3 is 0 Å². The van der Waals surface area contributed by atoms with Gasteiger partial charge in [-0.1, -0.05) is 5.92 Å². The standard InChI is InChI=1S/C15H21N3O/c1-15(2,3)7-4-13-14(18-11-10-17-13)19-12-5-8-16-9-6-12/h10-12,16H,5-6,8-9H2,1-3H3. The summed E-state index contributed by atoms with van der Waals surface area (Å²) in [7, 11) is 0. The van der Waals surface area contributed by atoms with E-state index in [1.807, 2.05) is 0 Å². The maximum Gasteiger partial charge on any atom is 0.249 e. The van der Waals surface area contributed by atoms with Crippen LogP contribution in [0.2, 0.25) is 0 Å². The van der Waals surface area contributed by atoms with Gasteiger partial charge in [0.1, 0.15) is 6.10 Å². The van der Waals surface area contributed by atoms with Crippen LogP contribution in [0, 0.1) is 17.3 Å². The van der Waals surface area contributed by atoms with E-state index in [9.17, 15) is 0 Å². The van der Waals surface area contributed by atoms with Crippen molar-refractivity contribution in [2.24, 2.45) is 5.41 Å². The summed E-state index contributed by atoms with van der Waals surface area (Å²) in [5.41, 5.74) is 0.583. The van der Waals surface area contributed by atoms with Gasteiger partial charge in [0.05, 0.1) is 0 Å². The van der Waals surface area contributed by atoms with E-state index < -0.39 is 0 Å². The van der Waals surface area contributed by atoms with E-state index >= 15 is 0 Å². The van der Waals surface area contributed by atoms with Gasteiger partial charge < -0.3 is 10.1 Å². The van der Waals surface area contributed by atoms with Crippen LogP contribution in [0.5, 0.6) is 5.88 Å². The number of aromatic nitrogens is 2. The molecule has 1 fully saturated rings. The normalized spacial score (nSPS) is 16.6. The lowest BCUT2D eigenvalue weighted by Crippen LogP contribution is -2.34. The van der Waals surface area contributed by atoms with E-state index in [4.69, 9.17) is 4.74 Å². The summed E-state index contributed by atoms with van der Waals surface area (Å²) in [6.45, 7) is 8.21. The molecule has 2 rings (SSSR count). The molecular formula is C15H21N3O. The zero-order valence-electron chi connectivity index (χ0n) is 11.9. The Hall–Kier alpha value is -1.60. The van der Waals surface area contributed by atoms with Gasteiger partial charge in [0.2, 0.25) is 5.88 Å². The van der Waals surface area contributed by atoms with Gasteiger partial charge in [0.15, 0.2) is 5.69 Å². The number of nitrogens with zero attached hydrogens (tertiary/aromatic N) is 2. The molecule has 1 saturated heterocycles. The largest absolute Gasteiger partial charge is 0.472 e. The van der Waals surface area contributed by atoms with E-state index in [1.165, 1.54) is 0 Å². The molecule has 19 heavy (non-hydrogen) atoms. The van der Waals surface area contributed by atoms with Crippen molar-refractivity contribution in [3.8, 4) is 17.7 Å². The summed E-state index contributed by atoms with van der Waals surface area (Å²) in [5.74, 6) is 6.81. The Balaban J connectivity index is 2.13. The van der Waals surface area contributed by atoms with Crippen LogP contribution in [-0.4, -0.2) is 29.2 Å². The first-order valence-corrected chi connectivity index (χ1v) is 6.76. The fraction of sp³-hybridized carbons (Fsp3) is 0.600. The van der Waals surface area contributed by atoms with Gasteiger partial charge in [-0.2, -0.15) is 0 Å². The highest BCUT2D eigenvalue weighted by Gasteiger charge is 2.17. The monoisotopic (exact) mass is 259 g/mol. The van der Waals surface area contributed by atoms with Crippen LogP contribution in [0.15, 0.2) is 12.4 Å². The van der Waals surface area contributed by atoms with Crippen LogP contribution in [0.25, 0.3) is 0 Å². The minimum absolute atomic E-state index is 0.0520. The molecule has 0 spiro atoms. The predicted molar refractivity (Wildman–Crippen MR) is 74.9 cm³/mol. The molecule has 0 unspecified atom stereocenters. The average Bonchev–Trinajstić information content (AvgIpc) is 2.38. The minimum Gasteiger partial charge on any atom is -0.472 e. The van der Waals surface area contributed by atoms with Crippen LogP contribution < -0.4 is 10.1 Å². The Morgan fingerprint density at radius 1 is 1.21 bits per heavy atom. The van der Waals surface area contributed by atoms with Gasteiger partial charge in [-0.3, -0.25) is 0 Å². The van der Waals surface area contributed by atoms with Gasteiger partial charge in [0.25, 0.3) is 0 Å². The summed E-state index contributed by atoms with van der Waals surface area (Å²) in [5, 5.41) is 3.32. The highest BCUT2D eigenvalue weighted by molar-refractivity contribution is 5.36. The molecular weight excluding hydrogens is 238 g/mol. The van der Waals surface area contributed by atoms with E-state index in [2.05, 4.69) is 47.9 Å². The van der Waals surface area contributed by atoms with Crippen LogP contribution in [0.1, 0.15) is 39.3 Å². The first-order chi connectivity index (χ1) is 9.04. The molecule has 0 aromatic carbocycles. The third kappa shape index (κ3) is 4.53. The van der Waals surface area contributed by atoms with Crippen molar-refractivity contribution in [2.45, 2.75) is 39.7 Å². The third-order valence-electron chi connectivity index (χ3n) is 2.79. The van der Waals surface area contributed by atoms with Crippen molar-refractivity contribution in [1.29, 1.82) is 0 Å². The summed E-state index contributed by atoms with van der Waals surface area (Å²) < 4.78 is 5.94. The van der Waals surface area contributed by atoms with Crippen LogP contribution in [0.3, 0.4) is 0 Å². The minimum atomic E-state index is -0.0520. The topological polar surface area (TPSA) is 47.0 Å². The van der Waals surface area contributed by atoms with Gasteiger partial charge in [-0.05, 0) is 52.6 Å². The van der Waals surface area contributed by atoms with E-state index in [0.717, 1.165) is 25.9 Å². The number of hydrogen-bond acceptors (Lipinski definition) is 4.